The molecule has 2 aliphatic heterocycles. The fourth-order valence-corrected chi connectivity index (χ4v) is 3.80. The van der Waals surface area contributed by atoms with Gasteiger partial charge in [-0.1, -0.05) is 35.5 Å². The van der Waals surface area contributed by atoms with Gasteiger partial charge in [0, 0.05) is 19.6 Å². The van der Waals surface area contributed by atoms with Crippen LogP contribution in [0.2, 0.25) is 0 Å². The zero-order valence-electron chi connectivity index (χ0n) is 18.4. The molecule has 1 aromatic carbocycles. The lowest BCUT2D eigenvalue weighted by Gasteiger charge is -2.32. The number of carbonyl (C=O) groups excluding carboxylic acids is 2. The standard InChI is InChI=1S/C22H30N4O7/c23-19(20(27)33-24-14-17-8-4-5-11-26(17)21(28)29)32-18-9-12-25(13-10-18)22(30)31-15-16-6-2-1-3-7-16/h1-3,6-7,14,17-19H,4-5,8-13,15,23H2,(H,28,29)/b24-14-/t17-,19?/m0/s1. The highest BCUT2D eigenvalue weighted by Crippen LogP contribution is 2.17. The molecule has 2 saturated heterocycles. The quantitative estimate of drug-likeness (QED) is 0.271. The minimum Gasteiger partial charge on any atom is -0.465 e. The fraction of sp³-hybridized carbons (Fsp3) is 0.545. The summed E-state index contributed by atoms with van der Waals surface area (Å²) in [5.41, 5.74) is 6.68. The van der Waals surface area contributed by atoms with Gasteiger partial charge in [-0.05, 0) is 37.7 Å². The zero-order chi connectivity index (χ0) is 23.6. The molecule has 0 saturated carbocycles. The number of ether oxygens (including phenoxy) is 2. The topological polar surface area (TPSA) is 144 Å². The molecule has 33 heavy (non-hydrogen) atoms. The monoisotopic (exact) mass is 462 g/mol. The number of carbonyl (C=O) groups is 3. The molecule has 0 radical (unpaired) electrons. The second kappa shape index (κ2) is 12.2. The Kier molecular flexibility index (Phi) is 9.02. The number of carboxylic acid groups (broad SMARTS) is 1. The van der Waals surface area contributed by atoms with Gasteiger partial charge in [-0.2, -0.15) is 0 Å². The Morgan fingerprint density at radius 2 is 1.85 bits per heavy atom. The van der Waals surface area contributed by atoms with E-state index in [9.17, 15) is 19.5 Å². The number of benzene rings is 1. The maximum Gasteiger partial charge on any atom is 0.410 e. The molecule has 0 aromatic heterocycles. The van der Waals surface area contributed by atoms with Gasteiger partial charge >= 0.3 is 18.2 Å². The van der Waals surface area contributed by atoms with Crippen molar-refractivity contribution in [1.82, 2.24) is 9.80 Å². The van der Waals surface area contributed by atoms with E-state index in [4.69, 9.17) is 20.0 Å². The third-order valence-electron chi connectivity index (χ3n) is 5.65. The van der Waals surface area contributed by atoms with Crippen LogP contribution in [0.25, 0.3) is 0 Å². The maximum atomic E-state index is 12.2. The Bertz CT molecular complexity index is 827. The van der Waals surface area contributed by atoms with Crippen LogP contribution in [0.1, 0.15) is 37.7 Å². The molecule has 2 fully saturated rings. The van der Waals surface area contributed by atoms with Gasteiger partial charge < -0.3 is 29.2 Å². The number of nitrogens with two attached hydrogens (primary N) is 1. The van der Waals surface area contributed by atoms with Crippen LogP contribution in [0.4, 0.5) is 9.59 Å². The Balaban J connectivity index is 1.36. The van der Waals surface area contributed by atoms with Crippen molar-refractivity contribution < 1.29 is 33.8 Å². The smallest absolute Gasteiger partial charge is 0.410 e. The Morgan fingerprint density at radius 3 is 2.55 bits per heavy atom. The molecule has 3 N–H and O–H groups in total. The second-order valence-corrected chi connectivity index (χ2v) is 7.99. The van der Waals surface area contributed by atoms with Gasteiger partial charge in [0.1, 0.15) is 6.61 Å². The predicted octanol–water partition coefficient (Wildman–Crippen LogP) is 2.15. The van der Waals surface area contributed by atoms with E-state index >= 15 is 0 Å². The number of hydrogen-bond donors (Lipinski definition) is 2. The summed E-state index contributed by atoms with van der Waals surface area (Å²) in [6.45, 7) is 1.47. The molecular formula is C22H30N4O7. The van der Waals surface area contributed by atoms with Crippen LogP contribution in [0.15, 0.2) is 35.5 Å². The number of amides is 2. The average molecular weight is 463 g/mol. The Hall–Kier alpha value is -3.18. The van der Waals surface area contributed by atoms with Gasteiger partial charge in [-0.3, -0.25) is 5.73 Å². The molecule has 1 unspecified atom stereocenters. The fourth-order valence-electron chi connectivity index (χ4n) is 3.80. The number of piperidine rings is 2. The number of hydrogen-bond acceptors (Lipinski definition) is 8. The molecule has 2 aliphatic rings. The highest BCUT2D eigenvalue weighted by molar-refractivity contribution is 5.76. The van der Waals surface area contributed by atoms with Crippen molar-refractivity contribution in [2.24, 2.45) is 10.9 Å². The SMILES string of the molecule is NC(OC1CCN(C(=O)OCc2ccccc2)CC1)C(=O)O/N=C\[C@@H]1CCCCN1C(=O)O. The molecule has 0 bridgehead atoms. The van der Waals surface area contributed by atoms with E-state index in [2.05, 4.69) is 5.16 Å². The largest absolute Gasteiger partial charge is 0.465 e. The van der Waals surface area contributed by atoms with Crippen molar-refractivity contribution in [3.05, 3.63) is 35.9 Å². The van der Waals surface area contributed by atoms with Gasteiger partial charge in [0.2, 0.25) is 6.23 Å². The first-order valence-corrected chi connectivity index (χ1v) is 11.0. The van der Waals surface area contributed by atoms with E-state index in [1.807, 2.05) is 30.3 Å². The lowest BCUT2D eigenvalue weighted by atomic mass is 10.0. The van der Waals surface area contributed by atoms with Gasteiger partial charge in [0.05, 0.1) is 18.4 Å². The Morgan fingerprint density at radius 1 is 1.12 bits per heavy atom. The van der Waals surface area contributed by atoms with Crippen molar-refractivity contribution in [3.63, 3.8) is 0 Å². The van der Waals surface area contributed by atoms with Gasteiger partial charge in [-0.25, -0.2) is 14.4 Å². The summed E-state index contributed by atoms with van der Waals surface area (Å²) in [6.07, 6.45) is 1.51. The minimum absolute atomic E-state index is 0.207. The van der Waals surface area contributed by atoms with Crippen molar-refractivity contribution in [2.45, 2.75) is 57.1 Å². The molecule has 2 heterocycles. The van der Waals surface area contributed by atoms with Gasteiger partial charge in [0.25, 0.3) is 0 Å². The number of nitrogens with zero attached hydrogens (tertiary/aromatic N) is 3. The van der Waals surface area contributed by atoms with Crippen LogP contribution in [-0.2, 0) is 25.7 Å². The first kappa shape index (κ1) is 24.5. The number of oxime groups is 1. The summed E-state index contributed by atoms with van der Waals surface area (Å²) in [5, 5.41) is 12.8. The van der Waals surface area contributed by atoms with E-state index < -0.39 is 30.4 Å². The van der Waals surface area contributed by atoms with Crippen LogP contribution in [0, 0.1) is 0 Å². The van der Waals surface area contributed by atoms with Crippen LogP contribution < -0.4 is 5.73 Å². The predicted molar refractivity (Wildman–Crippen MR) is 117 cm³/mol. The summed E-state index contributed by atoms with van der Waals surface area (Å²) in [7, 11) is 0. The van der Waals surface area contributed by atoms with Crippen molar-refractivity contribution >= 4 is 24.4 Å². The van der Waals surface area contributed by atoms with Crippen molar-refractivity contribution in [3.8, 4) is 0 Å². The van der Waals surface area contributed by atoms with E-state index in [0.29, 0.717) is 38.9 Å². The van der Waals surface area contributed by atoms with Crippen molar-refractivity contribution in [2.75, 3.05) is 19.6 Å². The maximum absolute atomic E-state index is 12.2. The lowest BCUT2D eigenvalue weighted by Crippen LogP contribution is -2.45. The summed E-state index contributed by atoms with van der Waals surface area (Å²) < 4.78 is 10.9. The molecule has 0 aliphatic carbocycles. The summed E-state index contributed by atoms with van der Waals surface area (Å²) >= 11 is 0. The molecular weight excluding hydrogens is 432 g/mol. The highest BCUT2D eigenvalue weighted by Gasteiger charge is 2.29. The molecule has 11 heteroatoms. The van der Waals surface area contributed by atoms with E-state index in [0.717, 1.165) is 18.4 Å². The van der Waals surface area contributed by atoms with E-state index in [1.165, 1.54) is 11.1 Å². The average Bonchev–Trinajstić information content (AvgIpc) is 2.83. The summed E-state index contributed by atoms with van der Waals surface area (Å²) in [6, 6.07) is 8.99. The summed E-state index contributed by atoms with van der Waals surface area (Å²) in [4.78, 5) is 43.2. The molecule has 2 atom stereocenters. The molecule has 0 spiro atoms. The third-order valence-corrected chi connectivity index (χ3v) is 5.65. The minimum atomic E-state index is -1.33. The third kappa shape index (κ3) is 7.43. The van der Waals surface area contributed by atoms with Crippen LogP contribution in [0.5, 0.6) is 0 Å². The molecule has 180 valence electrons. The van der Waals surface area contributed by atoms with E-state index in [-0.39, 0.29) is 12.7 Å². The first-order valence-electron chi connectivity index (χ1n) is 11.0. The van der Waals surface area contributed by atoms with Gasteiger partial charge in [0.15, 0.2) is 0 Å². The first-order chi connectivity index (χ1) is 15.9. The normalized spacial score (nSPS) is 20.5. The molecule has 1 aromatic rings. The van der Waals surface area contributed by atoms with Crippen LogP contribution >= 0.6 is 0 Å². The lowest BCUT2D eigenvalue weighted by molar-refractivity contribution is -0.162. The number of rotatable bonds is 7. The highest BCUT2D eigenvalue weighted by atomic mass is 16.7. The molecule has 3 rings (SSSR count). The molecule has 2 amide bonds. The van der Waals surface area contributed by atoms with Crippen LogP contribution in [-0.4, -0.2) is 77.3 Å². The van der Waals surface area contributed by atoms with Crippen LogP contribution in [0.3, 0.4) is 0 Å². The van der Waals surface area contributed by atoms with Gasteiger partial charge in [-0.15, -0.1) is 0 Å². The zero-order valence-corrected chi connectivity index (χ0v) is 18.4. The summed E-state index contributed by atoms with van der Waals surface area (Å²) in [5.74, 6) is -0.867. The van der Waals surface area contributed by atoms with Crippen molar-refractivity contribution in [1.29, 1.82) is 0 Å². The Labute approximate surface area is 192 Å². The molecule has 11 nitrogen and oxygen atoms in total. The second-order valence-electron chi connectivity index (χ2n) is 7.99. The number of likely N-dealkylation sites (tertiary alicyclic amines) is 2. The van der Waals surface area contributed by atoms with E-state index in [1.54, 1.807) is 4.90 Å².